The van der Waals surface area contributed by atoms with Gasteiger partial charge in [0.15, 0.2) is 0 Å². The van der Waals surface area contributed by atoms with Gasteiger partial charge < -0.3 is 26.6 Å². The lowest BCUT2D eigenvalue weighted by Gasteiger charge is -2.37. The first-order valence-corrected chi connectivity index (χ1v) is 19.3. The molecule has 48 heavy (non-hydrogen) atoms. The SMILES string of the molecule is CC(C)=C1[C@H]2[C@@H]1CN(C(=O)[C@@H](NC(=O)N[C@H](CN1CCCS1(=O)=O)C(C)(C)C)C1CCCCC1)[C@@H]2C(=O)NC(CC1CC1)C(=O)C(N)=O. The van der Waals surface area contributed by atoms with Crippen molar-refractivity contribution >= 4 is 39.6 Å². The summed E-state index contributed by atoms with van der Waals surface area (Å²) in [5, 5.41) is 8.76. The zero-order valence-corrected chi connectivity index (χ0v) is 29.9. The Morgan fingerprint density at radius 2 is 1.60 bits per heavy atom. The lowest BCUT2D eigenvalue weighted by atomic mass is 9.83. The summed E-state index contributed by atoms with van der Waals surface area (Å²) in [7, 11) is -3.38. The van der Waals surface area contributed by atoms with Gasteiger partial charge in [-0.1, -0.05) is 64.0 Å². The van der Waals surface area contributed by atoms with E-state index in [1.807, 2.05) is 34.6 Å². The molecule has 0 radical (unpaired) electrons. The van der Waals surface area contributed by atoms with Crippen LogP contribution in [-0.2, 0) is 29.2 Å². The molecule has 0 aromatic carbocycles. The van der Waals surface area contributed by atoms with Crippen molar-refractivity contribution < 1.29 is 32.4 Å². The van der Waals surface area contributed by atoms with Gasteiger partial charge in [0, 0.05) is 37.5 Å². The largest absolute Gasteiger partial charge is 0.363 e. The van der Waals surface area contributed by atoms with Crippen LogP contribution >= 0.6 is 0 Å². The molecule has 3 aliphatic carbocycles. The van der Waals surface area contributed by atoms with Crippen LogP contribution < -0.4 is 21.7 Å². The van der Waals surface area contributed by atoms with E-state index in [9.17, 15) is 32.4 Å². The van der Waals surface area contributed by atoms with Gasteiger partial charge in [0.1, 0.15) is 12.1 Å². The Morgan fingerprint density at radius 1 is 0.938 bits per heavy atom. The van der Waals surface area contributed by atoms with Gasteiger partial charge in [-0.2, -0.15) is 4.31 Å². The van der Waals surface area contributed by atoms with Gasteiger partial charge in [0.25, 0.3) is 5.91 Å². The summed E-state index contributed by atoms with van der Waals surface area (Å²) in [6, 6.07) is -3.88. The number of ketones is 1. The standard InChI is InChI=1S/C34H54N6O7S/c1-19(2)25-22-17-40(28(26(22)25)31(43)36-23(16-20-12-13-20)29(41)30(35)42)32(44)27(21-10-7-6-8-11-21)38-33(45)37-24(34(3,4)5)18-39-14-9-15-48(39,46)47/h20-24,26-28H,6-18H2,1-5H3,(H2,35,42)(H,36,43)(H2,37,38,45)/t22-,23?,24-,26-,27+,28+/m1/s1. The number of hydrogen-bond donors (Lipinski definition) is 4. The number of carbonyl (C=O) groups is 5. The second-order valence-corrected chi connectivity index (χ2v) is 18.0. The molecule has 13 nitrogen and oxygen atoms in total. The van der Waals surface area contributed by atoms with E-state index in [-0.39, 0.29) is 41.9 Å². The molecule has 1 unspecified atom stereocenters. The maximum absolute atomic E-state index is 14.6. The van der Waals surface area contributed by atoms with Crippen molar-refractivity contribution in [3.63, 3.8) is 0 Å². The van der Waals surface area contributed by atoms with Crippen molar-refractivity contribution in [2.45, 2.75) is 117 Å². The van der Waals surface area contributed by atoms with Crippen molar-refractivity contribution in [2.24, 2.45) is 34.8 Å². The van der Waals surface area contributed by atoms with E-state index in [0.717, 1.165) is 56.1 Å². The average Bonchev–Trinajstić information content (AvgIpc) is 3.90. The third-order valence-electron chi connectivity index (χ3n) is 11.0. The zero-order valence-electron chi connectivity index (χ0n) is 29.0. The Balaban J connectivity index is 1.36. The molecule has 5 amide bonds. The van der Waals surface area contributed by atoms with Crippen molar-refractivity contribution in [1.82, 2.24) is 25.2 Å². The summed E-state index contributed by atoms with van der Waals surface area (Å²) in [5.74, 6) is -2.75. The Kier molecular flexibility index (Phi) is 10.6. The molecule has 5 rings (SSSR count). The molecule has 3 saturated carbocycles. The van der Waals surface area contributed by atoms with E-state index in [2.05, 4.69) is 16.0 Å². The first kappa shape index (κ1) is 36.3. The van der Waals surface area contributed by atoms with Crippen LogP contribution in [0.5, 0.6) is 0 Å². The number of likely N-dealkylation sites (tertiary alicyclic amines) is 1. The van der Waals surface area contributed by atoms with Gasteiger partial charge in [-0.3, -0.25) is 19.2 Å². The number of hydrogen-bond acceptors (Lipinski definition) is 7. The summed E-state index contributed by atoms with van der Waals surface area (Å²) in [4.78, 5) is 68.4. The minimum absolute atomic E-state index is 0.0111. The summed E-state index contributed by atoms with van der Waals surface area (Å²) >= 11 is 0. The molecule has 6 atom stereocenters. The fourth-order valence-corrected chi connectivity index (χ4v) is 9.58. The van der Waals surface area contributed by atoms with Crippen LogP contribution in [-0.4, -0.2) is 96.7 Å². The number of nitrogens with two attached hydrogens (primary N) is 1. The number of Topliss-reactive ketones (excluding diaryl/α,β-unsaturated/α-hetero) is 1. The monoisotopic (exact) mass is 690 g/mol. The summed E-state index contributed by atoms with van der Waals surface area (Å²) in [6.45, 7) is 10.6. The molecule has 0 spiro atoms. The van der Waals surface area contributed by atoms with Crippen LogP contribution in [0, 0.1) is 29.1 Å². The van der Waals surface area contributed by atoms with E-state index in [0.29, 0.717) is 25.9 Å². The number of amides is 5. The summed E-state index contributed by atoms with van der Waals surface area (Å²) in [6.07, 6.45) is 7.09. The number of nitrogens with zero attached hydrogens (tertiary/aromatic N) is 2. The number of urea groups is 1. The highest BCUT2D eigenvalue weighted by Crippen LogP contribution is 2.56. The summed E-state index contributed by atoms with van der Waals surface area (Å²) in [5.41, 5.74) is 7.08. The van der Waals surface area contributed by atoms with E-state index in [1.165, 1.54) is 4.31 Å². The molecule has 14 heteroatoms. The number of primary amides is 1. The number of piperidine rings is 1. The number of sulfonamides is 1. The van der Waals surface area contributed by atoms with Crippen molar-refractivity contribution in [2.75, 3.05) is 25.4 Å². The number of allylic oxidation sites excluding steroid dienone is 1. The predicted molar refractivity (Wildman–Crippen MR) is 180 cm³/mol. The van der Waals surface area contributed by atoms with Crippen LogP contribution in [0.2, 0.25) is 0 Å². The minimum Gasteiger partial charge on any atom is -0.363 e. The third kappa shape index (κ3) is 8.06. The molecular formula is C34H54N6O7S. The highest BCUT2D eigenvalue weighted by atomic mass is 32.2. The van der Waals surface area contributed by atoms with Crippen molar-refractivity contribution in [3.05, 3.63) is 11.1 Å². The van der Waals surface area contributed by atoms with Crippen molar-refractivity contribution in [1.29, 1.82) is 0 Å². The zero-order chi connectivity index (χ0) is 35.1. The number of nitrogens with one attached hydrogen (secondary N) is 3. The fourth-order valence-electron chi connectivity index (χ4n) is 8.05. The molecule has 268 valence electrons. The van der Waals surface area contributed by atoms with Crippen LogP contribution in [0.15, 0.2) is 11.1 Å². The predicted octanol–water partition coefficient (Wildman–Crippen LogP) is 1.82. The Labute approximate surface area is 284 Å². The molecular weight excluding hydrogens is 636 g/mol. The lowest BCUT2D eigenvalue weighted by molar-refractivity contribution is -0.143. The average molecular weight is 691 g/mol. The first-order valence-electron chi connectivity index (χ1n) is 17.7. The molecule has 0 aromatic rings. The number of rotatable bonds is 12. The molecule has 2 aliphatic heterocycles. The van der Waals surface area contributed by atoms with Crippen LogP contribution in [0.25, 0.3) is 0 Å². The maximum atomic E-state index is 14.6. The minimum atomic E-state index is -3.38. The lowest BCUT2D eigenvalue weighted by Crippen LogP contribution is -2.61. The molecule has 2 heterocycles. The smallest absolute Gasteiger partial charge is 0.315 e. The van der Waals surface area contributed by atoms with E-state index >= 15 is 0 Å². The van der Waals surface area contributed by atoms with Crippen LogP contribution in [0.3, 0.4) is 0 Å². The van der Waals surface area contributed by atoms with E-state index < -0.39 is 63.2 Å². The van der Waals surface area contributed by atoms with Gasteiger partial charge in [0.2, 0.25) is 27.6 Å². The second-order valence-electron chi connectivity index (χ2n) is 15.9. The maximum Gasteiger partial charge on any atom is 0.315 e. The van der Waals surface area contributed by atoms with E-state index in [1.54, 1.807) is 4.90 Å². The Morgan fingerprint density at radius 3 is 2.15 bits per heavy atom. The van der Waals surface area contributed by atoms with Gasteiger partial charge in [-0.15, -0.1) is 0 Å². The van der Waals surface area contributed by atoms with Gasteiger partial charge in [0.05, 0.1) is 11.8 Å². The van der Waals surface area contributed by atoms with Gasteiger partial charge in [-0.05, 0) is 56.8 Å². The second kappa shape index (κ2) is 14.1. The Hall–Kier alpha value is -3.00. The molecule has 0 aromatic heterocycles. The highest BCUT2D eigenvalue weighted by Gasteiger charge is 2.62. The van der Waals surface area contributed by atoms with Gasteiger partial charge >= 0.3 is 6.03 Å². The number of carbonyl (C=O) groups excluding carboxylic acids is 5. The molecule has 5 aliphatic rings. The quantitative estimate of drug-likeness (QED) is 0.178. The molecule has 5 N–H and O–H groups in total. The fraction of sp³-hybridized carbons (Fsp3) is 0.794. The van der Waals surface area contributed by atoms with Crippen LogP contribution in [0.1, 0.15) is 92.4 Å². The topological polar surface area (TPSA) is 188 Å². The molecule has 0 bridgehead atoms. The summed E-state index contributed by atoms with van der Waals surface area (Å²) < 4.78 is 26.6. The van der Waals surface area contributed by atoms with Crippen molar-refractivity contribution in [3.8, 4) is 0 Å². The third-order valence-corrected chi connectivity index (χ3v) is 13.0. The van der Waals surface area contributed by atoms with E-state index in [4.69, 9.17) is 5.73 Å². The molecule has 2 saturated heterocycles. The first-order chi connectivity index (χ1) is 22.5. The Bertz CT molecular complexity index is 1440. The van der Waals surface area contributed by atoms with Crippen LogP contribution in [0.4, 0.5) is 4.79 Å². The number of fused-ring (bicyclic) bond motifs is 1. The van der Waals surface area contributed by atoms with Gasteiger partial charge in [-0.25, -0.2) is 13.2 Å². The molecule has 5 fully saturated rings. The normalized spacial score (nSPS) is 27.4. The highest BCUT2D eigenvalue weighted by molar-refractivity contribution is 7.89.